The van der Waals surface area contributed by atoms with E-state index in [0.29, 0.717) is 11.8 Å². The summed E-state index contributed by atoms with van der Waals surface area (Å²) in [6.07, 6.45) is 5.63. The molecule has 2 saturated heterocycles. The summed E-state index contributed by atoms with van der Waals surface area (Å²) < 4.78 is 0. The highest BCUT2D eigenvalue weighted by Gasteiger charge is 2.46. The van der Waals surface area contributed by atoms with Crippen LogP contribution in [-0.2, 0) is 6.42 Å². The van der Waals surface area contributed by atoms with E-state index in [-0.39, 0.29) is 6.10 Å². The molecule has 2 aliphatic heterocycles. The number of hydrogen-bond donors (Lipinski definition) is 1. The van der Waals surface area contributed by atoms with Crippen LogP contribution in [0.1, 0.15) is 38.3 Å². The summed E-state index contributed by atoms with van der Waals surface area (Å²) in [5.74, 6) is 3.09. The molecule has 22 heavy (non-hydrogen) atoms. The van der Waals surface area contributed by atoms with Gasteiger partial charge in [0.15, 0.2) is 0 Å². The fourth-order valence-corrected chi connectivity index (χ4v) is 4.11. The van der Waals surface area contributed by atoms with Crippen molar-refractivity contribution in [3.63, 3.8) is 0 Å². The molecule has 5 heteroatoms. The molecule has 0 amide bonds. The van der Waals surface area contributed by atoms with Crippen LogP contribution in [0.5, 0.6) is 0 Å². The van der Waals surface area contributed by atoms with E-state index in [2.05, 4.69) is 22.8 Å². The standard InChI is InChI=1S/C17H26N4O/c1-2-13-9-16(21-10-12-8-15(22)14(12)11-21)19-17(18-13)20-6-4-3-5-7-20/h9,12,14-15,22H,2-8,10-11H2,1H3/t12-,14+,15-/m1/s1. The molecule has 0 spiro atoms. The molecule has 1 aromatic rings. The number of rotatable bonds is 3. The first-order valence-corrected chi connectivity index (χ1v) is 8.80. The summed E-state index contributed by atoms with van der Waals surface area (Å²) in [7, 11) is 0. The lowest BCUT2D eigenvalue weighted by Gasteiger charge is -2.34. The van der Waals surface area contributed by atoms with Gasteiger partial charge in [-0.05, 0) is 38.0 Å². The normalized spacial score (nSPS) is 31.1. The number of aliphatic hydroxyl groups excluding tert-OH is 1. The Bertz CT molecular complexity index is 543. The smallest absolute Gasteiger partial charge is 0.227 e. The van der Waals surface area contributed by atoms with Crippen LogP contribution in [-0.4, -0.2) is 47.4 Å². The highest BCUT2D eigenvalue weighted by atomic mass is 16.3. The predicted molar refractivity (Wildman–Crippen MR) is 87.3 cm³/mol. The van der Waals surface area contributed by atoms with Gasteiger partial charge in [-0.25, -0.2) is 4.98 Å². The largest absolute Gasteiger partial charge is 0.393 e. The molecule has 3 fully saturated rings. The molecule has 120 valence electrons. The third-order valence-electron chi connectivity index (χ3n) is 5.61. The highest BCUT2D eigenvalue weighted by molar-refractivity contribution is 5.48. The van der Waals surface area contributed by atoms with Crippen LogP contribution in [0.25, 0.3) is 0 Å². The van der Waals surface area contributed by atoms with Crippen LogP contribution >= 0.6 is 0 Å². The van der Waals surface area contributed by atoms with E-state index in [9.17, 15) is 5.11 Å². The van der Waals surface area contributed by atoms with E-state index >= 15 is 0 Å². The maximum absolute atomic E-state index is 9.87. The molecular weight excluding hydrogens is 276 g/mol. The second-order valence-electron chi connectivity index (χ2n) is 7.05. The fourth-order valence-electron chi connectivity index (χ4n) is 4.11. The van der Waals surface area contributed by atoms with Gasteiger partial charge in [0.25, 0.3) is 0 Å². The second-order valence-corrected chi connectivity index (χ2v) is 7.05. The third-order valence-corrected chi connectivity index (χ3v) is 5.61. The minimum Gasteiger partial charge on any atom is -0.393 e. The maximum Gasteiger partial charge on any atom is 0.227 e. The molecular formula is C17H26N4O. The molecule has 4 rings (SSSR count). The molecule has 5 nitrogen and oxygen atoms in total. The molecule has 1 saturated carbocycles. The van der Waals surface area contributed by atoms with Crippen LogP contribution in [0.3, 0.4) is 0 Å². The van der Waals surface area contributed by atoms with Crippen molar-refractivity contribution in [3.05, 3.63) is 11.8 Å². The number of fused-ring (bicyclic) bond motifs is 1. The van der Waals surface area contributed by atoms with Gasteiger partial charge in [-0.2, -0.15) is 4.98 Å². The number of hydrogen-bond acceptors (Lipinski definition) is 5. The summed E-state index contributed by atoms with van der Waals surface area (Å²) >= 11 is 0. The van der Waals surface area contributed by atoms with E-state index < -0.39 is 0 Å². The van der Waals surface area contributed by atoms with Crippen molar-refractivity contribution in [2.24, 2.45) is 11.8 Å². The van der Waals surface area contributed by atoms with Crippen molar-refractivity contribution in [2.45, 2.75) is 45.1 Å². The third kappa shape index (κ3) is 2.45. The van der Waals surface area contributed by atoms with E-state index in [0.717, 1.165) is 56.5 Å². The minimum absolute atomic E-state index is 0.0935. The molecule has 3 heterocycles. The quantitative estimate of drug-likeness (QED) is 0.923. The topological polar surface area (TPSA) is 52.5 Å². The minimum atomic E-state index is -0.0935. The zero-order chi connectivity index (χ0) is 15.1. The maximum atomic E-state index is 9.87. The van der Waals surface area contributed by atoms with Gasteiger partial charge < -0.3 is 14.9 Å². The number of aliphatic hydroxyl groups is 1. The second kappa shape index (κ2) is 5.69. The van der Waals surface area contributed by atoms with Gasteiger partial charge in [0, 0.05) is 43.9 Å². The number of piperidine rings is 1. The Labute approximate surface area is 132 Å². The van der Waals surface area contributed by atoms with E-state index in [1.54, 1.807) is 0 Å². The lowest BCUT2D eigenvalue weighted by molar-refractivity contribution is -0.00398. The average Bonchev–Trinajstić information content (AvgIpc) is 2.92. The zero-order valence-corrected chi connectivity index (χ0v) is 13.4. The first kappa shape index (κ1) is 14.2. The Morgan fingerprint density at radius 1 is 1.14 bits per heavy atom. The SMILES string of the molecule is CCc1cc(N2C[C@H]3C[C@@H](O)[C@H]3C2)nc(N2CCCCC2)n1. The molecule has 0 unspecified atom stereocenters. The lowest BCUT2D eigenvalue weighted by Crippen LogP contribution is -2.39. The monoisotopic (exact) mass is 302 g/mol. The number of aromatic nitrogens is 2. The van der Waals surface area contributed by atoms with Gasteiger partial charge in [-0.15, -0.1) is 0 Å². The highest BCUT2D eigenvalue weighted by Crippen LogP contribution is 2.42. The molecule has 0 radical (unpaired) electrons. The molecule has 1 N–H and O–H groups in total. The number of nitrogens with zero attached hydrogens (tertiary/aromatic N) is 4. The van der Waals surface area contributed by atoms with Crippen molar-refractivity contribution >= 4 is 11.8 Å². The zero-order valence-electron chi connectivity index (χ0n) is 13.4. The molecule has 3 atom stereocenters. The van der Waals surface area contributed by atoms with Gasteiger partial charge in [-0.1, -0.05) is 6.92 Å². The average molecular weight is 302 g/mol. The Hall–Kier alpha value is -1.36. The number of anilines is 2. The predicted octanol–water partition coefficient (Wildman–Crippen LogP) is 1.85. The molecule has 1 aliphatic carbocycles. The van der Waals surface area contributed by atoms with Crippen LogP contribution in [0.15, 0.2) is 6.07 Å². The van der Waals surface area contributed by atoms with Gasteiger partial charge in [0.05, 0.1) is 6.10 Å². The van der Waals surface area contributed by atoms with E-state index in [4.69, 9.17) is 9.97 Å². The Kier molecular flexibility index (Phi) is 3.68. The summed E-state index contributed by atoms with van der Waals surface area (Å²) in [5.41, 5.74) is 1.13. The molecule has 0 aromatic carbocycles. The first-order chi connectivity index (χ1) is 10.7. The molecule has 1 aromatic heterocycles. The van der Waals surface area contributed by atoms with Crippen LogP contribution in [0.4, 0.5) is 11.8 Å². The van der Waals surface area contributed by atoms with Gasteiger partial charge in [0.2, 0.25) is 5.95 Å². The van der Waals surface area contributed by atoms with Crippen LogP contribution < -0.4 is 9.80 Å². The Balaban J connectivity index is 1.58. The van der Waals surface area contributed by atoms with Gasteiger partial charge in [0.1, 0.15) is 5.82 Å². The summed E-state index contributed by atoms with van der Waals surface area (Å²) in [4.78, 5) is 14.3. The molecule has 3 aliphatic rings. The Morgan fingerprint density at radius 2 is 1.95 bits per heavy atom. The lowest BCUT2D eigenvalue weighted by atomic mass is 9.74. The van der Waals surface area contributed by atoms with Crippen molar-refractivity contribution in [1.29, 1.82) is 0 Å². The fraction of sp³-hybridized carbons (Fsp3) is 0.765. The van der Waals surface area contributed by atoms with Crippen LogP contribution in [0, 0.1) is 11.8 Å². The first-order valence-electron chi connectivity index (χ1n) is 8.80. The van der Waals surface area contributed by atoms with Crippen molar-refractivity contribution < 1.29 is 5.11 Å². The van der Waals surface area contributed by atoms with E-state index in [1.165, 1.54) is 19.3 Å². The summed E-state index contributed by atoms with van der Waals surface area (Å²) in [5, 5.41) is 9.87. The van der Waals surface area contributed by atoms with Crippen molar-refractivity contribution in [3.8, 4) is 0 Å². The van der Waals surface area contributed by atoms with Crippen molar-refractivity contribution in [1.82, 2.24) is 9.97 Å². The van der Waals surface area contributed by atoms with Gasteiger partial charge in [-0.3, -0.25) is 0 Å². The number of aryl methyl sites for hydroxylation is 1. The summed E-state index contributed by atoms with van der Waals surface area (Å²) in [6.45, 7) is 6.31. The van der Waals surface area contributed by atoms with E-state index in [1.807, 2.05) is 0 Å². The van der Waals surface area contributed by atoms with Crippen LogP contribution in [0.2, 0.25) is 0 Å². The van der Waals surface area contributed by atoms with Gasteiger partial charge >= 0.3 is 0 Å². The van der Waals surface area contributed by atoms with Crippen molar-refractivity contribution in [2.75, 3.05) is 36.0 Å². The molecule has 0 bridgehead atoms. The Morgan fingerprint density at radius 3 is 2.64 bits per heavy atom. The summed E-state index contributed by atoms with van der Waals surface area (Å²) in [6, 6.07) is 2.14.